The van der Waals surface area contributed by atoms with Gasteiger partial charge in [-0.15, -0.1) is 0 Å². The fraction of sp³-hybridized carbons (Fsp3) is 0.133. The van der Waals surface area contributed by atoms with Gasteiger partial charge in [-0.3, -0.25) is 0 Å². The van der Waals surface area contributed by atoms with Crippen molar-refractivity contribution in [3.8, 4) is 11.5 Å². The van der Waals surface area contributed by atoms with Gasteiger partial charge >= 0.3 is 11.9 Å². The van der Waals surface area contributed by atoms with Crippen LogP contribution in [0.2, 0.25) is 0 Å². The Kier molecular flexibility index (Phi) is 8.28. The zero-order valence-corrected chi connectivity index (χ0v) is 19.3. The lowest BCUT2D eigenvalue weighted by Gasteiger charge is -2.09. The zero-order valence-electron chi connectivity index (χ0n) is 19.3. The van der Waals surface area contributed by atoms with E-state index in [1.165, 1.54) is 5.56 Å². The lowest BCUT2D eigenvalue weighted by Crippen LogP contribution is -2.10. The summed E-state index contributed by atoms with van der Waals surface area (Å²) >= 11 is 0. The van der Waals surface area contributed by atoms with Crippen molar-refractivity contribution in [3.63, 3.8) is 0 Å². The van der Waals surface area contributed by atoms with E-state index in [4.69, 9.17) is 14.2 Å². The first-order valence-electron chi connectivity index (χ1n) is 11.5. The summed E-state index contributed by atoms with van der Waals surface area (Å²) in [6, 6.07) is 33.1. The first-order valence-corrected chi connectivity index (χ1v) is 11.5. The van der Waals surface area contributed by atoms with E-state index in [-0.39, 0.29) is 0 Å². The highest BCUT2D eigenvalue weighted by Gasteiger charge is 2.12. The fourth-order valence-electron chi connectivity index (χ4n) is 3.46. The molecule has 0 amide bonds. The topological polar surface area (TPSA) is 61.8 Å². The van der Waals surface area contributed by atoms with Crippen molar-refractivity contribution < 1.29 is 23.8 Å². The van der Waals surface area contributed by atoms with Gasteiger partial charge in [-0.25, -0.2) is 9.59 Å². The Labute approximate surface area is 204 Å². The Hall–Kier alpha value is -4.38. The van der Waals surface area contributed by atoms with Crippen molar-refractivity contribution in [2.45, 2.75) is 12.8 Å². The van der Waals surface area contributed by atoms with Crippen LogP contribution in [0.3, 0.4) is 0 Å². The largest absolute Gasteiger partial charge is 0.493 e. The van der Waals surface area contributed by atoms with Crippen molar-refractivity contribution in [2.75, 3.05) is 13.2 Å². The van der Waals surface area contributed by atoms with E-state index in [2.05, 4.69) is 0 Å². The zero-order chi connectivity index (χ0) is 24.3. The van der Waals surface area contributed by atoms with Crippen LogP contribution in [0.15, 0.2) is 109 Å². The molecule has 0 N–H and O–H groups in total. The molecule has 4 rings (SSSR count). The highest BCUT2D eigenvalue weighted by atomic mass is 16.5. The van der Waals surface area contributed by atoms with Crippen LogP contribution in [0.4, 0.5) is 0 Å². The summed E-state index contributed by atoms with van der Waals surface area (Å²) in [6.07, 6.45) is 1.42. The molecule has 0 radical (unpaired) electrons. The van der Waals surface area contributed by atoms with Crippen LogP contribution in [-0.2, 0) is 17.6 Å². The van der Waals surface area contributed by atoms with E-state index >= 15 is 0 Å². The Morgan fingerprint density at radius 3 is 1.83 bits per heavy atom. The van der Waals surface area contributed by atoms with E-state index in [0.29, 0.717) is 42.3 Å². The summed E-state index contributed by atoms with van der Waals surface area (Å²) < 4.78 is 16.6. The molecule has 0 saturated heterocycles. The second-order valence-corrected chi connectivity index (χ2v) is 7.90. The summed E-state index contributed by atoms with van der Waals surface area (Å²) in [5.41, 5.74) is 3.07. The average Bonchev–Trinajstić information content (AvgIpc) is 2.90. The van der Waals surface area contributed by atoms with Gasteiger partial charge in [-0.1, -0.05) is 66.7 Å². The molecule has 35 heavy (non-hydrogen) atoms. The number of carbonyl (C=O) groups is 2. The molecule has 0 fully saturated rings. The molecule has 5 nitrogen and oxygen atoms in total. The minimum Gasteiger partial charge on any atom is -0.493 e. The van der Waals surface area contributed by atoms with E-state index in [1.807, 2.05) is 60.7 Å². The van der Waals surface area contributed by atoms with Crippen LogP contribution < -0.4 is 9.47 Å². The van der Waals surface area contributed by atoms with Crippen LogP contribution in [0, 0.1) is 0 Å². The lowest BCUT2D eigenvalue weighted by atomic mass is 10.2. The summed E-state index contributed by atoms with van der Waals surface area (Å²) in [4.78, 5) is 24.8. The number of benzene rings is 4. The molecular formula is C30H26O5. The van der Waals surface area contributed by atoms with Gasteiger partial charge in [0.1, 0.15) is 11.5 Å². The van der Waals surface area contributed by atoms with Crippen LogP contribution in [0.25, 0.3) is 0 Å². The van der Waals surface area contributed by atoms with Crippen molar-refractivity contribution >= 4 is 11.9 Å². The standard InChI is InChI=1S/C30H26O5/c31-29(34-21-19-24-10-5-2-6-11-24)25-14-16-27(17-15-25)35-30(32)26-12-7-13-28(22-26)33-20-18-23-8-3-1-4-9-23/h1-17,22H,18-21H2. The maximum absolute atomic E-state index is 12.6. The highest BCUT2D eigenvalue weighted by Crippen LogP contribution is 2.18. The van der Waals surface area contributed by atoms with E-state index in [9.17, 15) is 9.59 Å². The van der Waals surface area contributed by atoms with E-state index < -0.39 is 11.9 Å². The molecule has 5 heteroatoms. The van der Waals surface area contributed by atoms with Crippen molar-refractivity contribution in [1.29, 1.82) is 0 Å². The number of hydrogen-bond donors (Lipinski definition) is 0. The molecule has 4 aromatic carbocycles. The maximum atomic E-state index is 12.6. The van der Waals surface area contributed by atoms with Gasteiger partial charge in [0.2, 0.25) is 0 Å². The Morgan fingerprint density at radius 2 is 1.17 bits per heavy atom. The van der Waals surface area contributed by atoms with E-state index in [1.54, 1.807) is 48.5 Å². The SMILES string of the molecule is O=C(OCCc1ccccc1)c1ccc(OC(=O)c2cccc(OCCc3ccccc3)c2)cc1. The molecule has 0 aromatic heterocycles. The van der Waals surface area contributed by atoms with Gasteiger partial charge < -0.3 is 14.2 Å². The molecule has 0 aliphatic carbocycles. The van der Waals surface area contributed by atoms with Crippen molar-refractivity contribution in [3.05, 3.63) is 131 Å². The molecule has 0 unspecified atom stereocenters. The molecule has 0 heterocycles. The van der Waals surface area contributed by atoms with Crippen LogP contribution in [0.5, 0.6) is 11.5 Å². The summed E-state index contributed by atoms with van der Waals surface area (Å²) in [5, 5.41) is 0. The number of hydrogen-bond acceptors (Lipinski definition) is 5. The smallest absolute Gasteiger partial charge is 0.343 e. The molecule has 0 atom stereocenters. The van der Waals surface area contributed by atoms with Gasteiger partial charge in [0, 0.05) is 12.8 Å². The van der Waals surface area contributed by atoms with Crippen LogP contribution in [0.1, 0.15) is 31.8 Å². The molecule has 176 valence electrons. The third kappa shape index (κ3) is 7.30. The molecular weight excluding hydrogens is 440 g/mol. The fourth-order valence-corrected chi connectivity index (χ4v) is 3.46. The van der Waals surface area contributed by atoms with Gasteiger partial charge in [0.05, 0.1) is 24.3 Å². The third-order valence-electron chi connectivity index (χ3n) is 5.34. The molecule has 0 aliphatic heterocycles. The predicted molar refractivity (Wildman–Crippen MR) is 134 cm³/mol. The summed E-state index contributed by atoms with van der Waals surface area (Å²) in [7, 11) is 0. The molecule has 0 aliphatic rings. The van der Waals surface area contributed by atoms with Crippen LogP contribution >= 0.6 is 0 Å². The molecule has 4 aromatic rings. The maximum Gasteiger partial charge on any atom is 0.343 e. The number of carbonyl (C=O) groups excluding carboxylic acids is 2. The predicted octanol–water partition coefficient (Wildman–Crippen LogP) is 5.93. The highest BCUT2D eigenvalue weighted by molar-refractivity contribution is 5.92. The lowest BCUT2D eigenvalue weighted by molar-refractivity contribution is 0.0509. The first kappa shape index (κ1) is 23.8. The normalized spacial score (nSPS) is 10.4. The average molecular weight is 467 g/mol. The van der Waals surface area contributed by atoms with Gasteiger partial charge in [-0.05, 0) is 53.6 Å². The molecule has 0 bridgehead atoms. The second kappa shape index (κ2) is 12.2. The van der Waals surface area contributed by atoms with Crippen molar-refractivity contribution in [1.82, 2.24) is 0 Å². The minimum atomic E-state index is -0.503. The van der Waals surface area contributed by atoms with Crippen molar-refractivity contribution in [2.24, 2.45) is 0 Å². The third-order valence-corrected chi connectivity index (χ3v) is 5.34. The number of esters is 2. The second-order valence-electron chi connectivity index (χ2n) is 7.90. The van der Waals surface area contributed by atoms with Gasteiger partial charge in [0.25, 0.3) is 0 Å². The van der Waals surface area contributed by atoms with E-state index in [0.717, 1.165) is 12.0 Å². The Balaban J connectivity index is 1.26. The van der Waals surface area contributed by atoms with Gasteiger partial charge in [0.15, 0.2) is 0 Å². The number of ether oxygens (including phenoxy) is 3. The van der Waals surface area contributed by atoms with Gasteiger partial charge in [-0.2, -0.15) is 0 Å². The minimum absolute atomic E-state index is 0.295. The molecule has 0 saturated carbocycles. The number of rotatable bonds is 10. The quantitative estimate of drug-likeness (QED) is 0.214. The summed E-state index contributed by atoms with van der Waals surface area (Å²) in [5.74, 6) is 0.0195. The Bertz CT molecular complexity index is 1230. The Morgan fingerprint density at radius 1 is 0.543 bits per heavy atom. The molecule has 0 spiro atoms. The van der Waals surface area contributed by atoms with Crippen LogP contribution in [-0.4, -0.2) is 25.2 Å². The monoisotopic (exact) mass is 466 g/mol. The first-order chi connectivity index (χ1) is 17.2. The summed E-state index contributed by atoms with van der Waals surface area (Å²) in [6.45, 7) is 0.800.